The fourth-order valence-corrected chi connectivity index (χ4v) is 2.32. The molecule has 0 aromatic carbocycles. The maximum absolute atomic E-state index is 11.9. The highest BCUT2D eigenvalue weighted by atomic mass is 16.1. The van der Waals surface area contributed by atoms with Crippen LogP contribution in [-0.2, 0) is 0 Å². The van der Waals surface area contributed by atoms with E-state index >= 15 is 0 Å². The lowest BCUT2D eigenvalue weighted by Crippen LogP contribution is -2.44. The van der Waals surface area contributed by atoms with Gasteiger partial charge < -0.3 is 15.6 Å². The number of anilines is 1. The Balaban J connectivity index is 1.86. The summed E-state index contributed by atoms with van der Waals surface area (Å²) in [6.07, 6.45) is 5.16. The Morgan fingerprint density at radius 3 is 3.00 bits per heavy atom. The first-order valence-corrected chi connectivity index (χ1v) is 6.62. The number of carbonyl (C=O) groups is 1. The quantitative estimate of drug-likeness (QED) is 0.547. The van der Waals surface area contributed by atoms with Gasteiger partial charge >= 0.3 is 0 Å². The second kappa shape index (κ2) is 6.49. The normalized spacial score (nSPS) is 20.0. The van der Waals surface area contributed by atoms with Crippen LogP contribution in [0.5, 0.6) is 0 Å². The van der Waals surface area contributed by atoms with Crippen molar-refractivity contribution in [2.45, 2.75) is 25.3 Å². The lowest BCUT2D eigenvalue weighted by Gasteiger charge is -2.32. The number of pyridine rings is 1. The molecule has 1 aromatic heterocycles. The monoisotopic (exact) mass is 263 g/mol. The molecule has 1 aliphatic rings. The van der Waals surface area contributed by atoms with Gasteiger partial charge in [0.2, 0.25) is 0 Å². The van der Waals surface area contributed by atoms with Crippen molar-refractivity contribution in [1.29, 1.82) is 0 Å². The van der Waals surface area contributed by atoms with Crippen LogP contribution in [0.1, 0.15) is 29.8 Å². The molecule has 4 N–H and O–H groups in total. The van der Waals surface area contributed by atoms with Gasteiger partial charge in [-0.15, -0.1) is 0 Å². The van der Waals surface area contributed by atoms with E-state index in [4.69, 9.17) is 5.84 Å². The number of aromatic nitrogens is 1. The van der Waals surface area contributed by atoms with E-state index in [0.717, 1.165) is 13.0 Å². The summed E-state index contributed by atoms with van der Waals surface area (Å²) in [5.41, 5.74) is 3.58. The third-order valence-corrected chi connectivity index (χ3v) is 3.58. The molecule has 104 valence electrons. The number of amides is 1. The summed E-state index contributed by atoms with van der Waals surface area (Å²) in [5, 5.41) is 2.94. The number of rotatable bonds is 4. The molecule has 2 rings (SSSR count). The molecule has 1 fully saturated rings. The van der Waals surface area contributed by atoms with Gasteiger partial charge in [-0.3, -0.25) is 10.6 Å². The molecule has 1 saturated heterocycles. The van der Waals surface area contributed by atoms with Crippen molar-refractivity contribution in [2.75, 3.05) is 25.6 Å². The molecular weight excluding hydrogens is 242 g/mol. The Morgan fingerprint density at radius 1 is 1.53 bits per heavy atom. The van der Waals surface area contributed by atoms with Gasteiger partial charge in [0.15, 0.2) is 0 Å². The summed E-state index contributed by atoms with van der Waals surface area (Å²) in [6, 6.07) is 3.83. The van der Waals surface area contributed by atoms with Crippen LogP contribution in [0.2, 0.25) is 0 Å². The van der Waals surface area contributed by atoms with E-state index in [0.29, 0.717) is 24.0 Å². The maximum Gasteiger partial charge on any atom is 0.269 e. The highest BCUT2D eigenvalue weighted by molar-refractivity contribution is 5.92. The van der Waals surface area contributed by atoms with Crippen molar-refractivity contribution in [3.8, 4) is 0 Å². The highest BCUT2D eigenvalue weighted by Gasteiger charge is 2.19. The number of nitrogen functional groups attached to an aromatic ring is 1. The number of carbonyl (C=O) groups excluding carboxylic acids is 1. The largest absolute Gasteiger partial charge is 0.349 e. The lowest BCUT2D eigenvalue weighted by molar-refractivity contribution is 0.0923. The van der Waals surface area contributed by atoms with Gasteiger partial charge in [-0.1, -0.05) is 6.42 Å². The molecular formula is C13H21N5O. The van der Waals surface area contributed by atoms with Crippen molar-refractivity contribution in [3.63, 3.8) is 0 Å². The SMILES string of the molecule is CN1CCCCC1CNC(=O)c1ccc(NN)cn1. The summed E-state index contributed by atoms with van der Waals surface area (Å²) in [6.45, 7) is 1.78. The summed E-state index contributed by atoms with van der Waals surface area (Å²) < 4.78 is 0. The Kier molecular flexibility index (Phi) is 4.70. The van der Waals surface area contributed by atoms with E-state index in [9.17, 15) is 4.79 Å². The topological polar surface area (TPSA) is 83.3 Å². The molecule has 1 aromatic rings. The van der Waals surface area contributed by atoms with Crippen LogP contribution in [0, 0.1) is 0 Å². The van der Waals surface area contributed by atoms with E-state index in [1.54, 1.807) is 18.3 Å². The van der Waals surface area contributed by atoms with E-state index in [2.05, 4.69) is 27.7 Å². The van der Waals surface area contributed by atoms with Crippen LogP contribution >= 0.6 is 0 Å². The minimum Gasteiger partial charge on any atom is -0.349 e. The van der Waals surface area contributed by atoms with Crippen LogP contribution in [0.4, 0.5) is 5.69 Å². The van der Waals surface area contributed by atoms with Gasteiger partial charge in [-0.25, -0.2) is 4.98 Å². The first-order chi connectivity index (χ1) is 9.20. The summed E-state index contributed by atoms with van der Waals surface area (Å²) in [7, 11) is 2.11. The zero-order valence-corrected chi connectivity index (χ0v) is 11.2. The number of hydrogen-bond acceptors (Lipinski definition) is 5. The Bertz CT molecular complexity index is 420. The van der Waals surface area contributed by atoms with Crippen LogP contribution in [0.3, 0.4) is 0 Å². The molecule has 0 bridgehead atoms. The Morgan fingerprint density at radius 2 is 2.37 bits per heavy atom. The van der Waals surface area contributed by atoms with Gasteiger partial charge in [-0.2, -0.15) is 0 Å². The zero-order chi connectivity index (χ0) is 13.7. The molecule has 0 radical (unpaired) electrons. The van der Waals surface area contributed by atoms with Crippen molar-refractivity contribution in [3.05, 3.63) is 24.0 Å². The number of likely N-dealkylation sites (tertiary alicyclic amines) is 1. The summed E-state index contributed by atoms with van der Waals surface area (Å²) >= 11 is 0. The average Bonchev–Trinajstić information content (AvgIpc) is 2.46. The van der Waals surface area contributed by atoms with Crippen LogP contribution in [0.15, 0.2) is 18.3 Å². The van der Waals surface area contributed by atoms with Crippen molar-refractivity contribution in [2.24, 2.45) is 5.84 Å². The number of nitrogens with one attached hydrogen (secondary N) is 2. The highest BCUT2D eigenvalue weighted by Crippen LogP contribution is 2.14. The average molecular weight is 263 g/mol. The van der Waals surface area contributed by atoms with Gasteiger partial charge in [0.25, 0.3) is 5.91 Å². The smallest absolute Gasteiger partial charge is 0.269 e. The molecule has 1 unspecified atom stereocenters. The second-order valence-corrected chi connectivity index (χ2v) is 4.92. The number of hydrazine groups is 1. The molecule has 1 aliphatic heterocycles. The van der Waals surface area contributed by atoms with E-state index in [1.807, 2.05) is 0 Å². The fourth-order valence-electron chi connectivity index (χ4n) is 2.32. The first kappa shape index (κ1) is 13.8. The minimum atomic E-state index is -0.137. The second-order valence-electron chi connectivity index (χ2n) is 4.92. The molecule has 1 amide bonds. The molecule has 0 saturated carbocycles. The molecule has 0 spiro atoms. The molecule has 6 nitrogen and oxygen atoms in total. The van der Waals surface area contributed by atoms with Crippen LogP contribution < -0.4 is 16.6 Å². The van der Waals surface area contributed by atoms with Gasteiger partial charge in [0, 0.05) is 12.6 Å². The predicted octanol–water partition coefficient (Wildman–Crippen LogP) is 0.581. The van der Waals surface area contributed by atoms with Crippen molar-refractivity contribution < 1.29 is 4.79 Å². The van der Waals surface area contributed by atoms with Crippen LogP contribution in [0.25, 0.3) is 0 Å². The molecule has 1 atom stereocenters. The molecule has 2 heterocycles. The maximum atomic E-state index is 11.9. The van der Waals surface area contributed by atoms with Gasteiger partial charge in [0.1, 0.15) is 5.69 Å². The molecule has 19 heavy (non-hydrogen) atoms. The van der Waals surface area contributed by atoms with E-state index in [-0.39, 0.29) is 5.91 Å². The predicted molar refractivity (Wildman–Crippen MR) is 74.6 cm³/mol. The number of piperidine rings is 1. The Hall–Kier alpha value is -1.66. The standard InChI is InChI=1S/C13H21N5O/c1-18-7-3-2-4-11(18)9-16-13(19)12-6-5-10(17-14)8-15-12/h5-6,8,11,17H,2-4,7,9,14H2,1H3,(H,16,19). The number of likely N-dealkylation sites (N-methyl/N-ethyl adjacent to an activating group) is 1. The third-order valence-electron chi connectivity index (χ3n) is 3.58. The van der Waals surface area contributed by atoms with Gasteiger partial charge in [-0.05, 0) is 38.6 Å². The van der Waals surface area contributed by atoms with Crippen LogP contribution in [-0.4, -0.2) is 42.0 Å². The van der Waals surface area contributed by atoms with E-state index in [1.165, 1.54) is 12.8 Å². The number of nitrogens with zero attached hydrogens (tertiary/aromatic N) is 2. The summed E-state index contributed by atoms with van der Waals surface area (Å²) in [4.78, 5) is 18.3. The molecule has 0 aliphatic carbocycles. The third kappa shape index (κ3) is 3.65. The van der Waals surface area contributed by atoms with E-state index < -0.39 is 0 Å². The fraction of sp³-hybridized carbons (Fsp3) is 0.538. The minimum absolute atomic E-state index is 0.137. The van der Waals surface area contributed by atoms with Crippen molar-refractivity contribution >= 4 is 11.6 Å². The van der Waals surface area contributed by atoms with Crippen molar-refractivity contribution in [1.82, 2.24) is 15.2 Å². The van der Waals surface area contributed by atoms with Gasteiger partial charge in [0.05, 0.1) is 11.9 Å². The number of hydrogen-bond donors (Lipinski definition) is 3. The molecule has 6 heteroatoms. The first-order valence-electron chi connectivity index (χ1n) is 6.62. The number of nitrogens with two attached hydrogens (primary N) is 1. The Labute approximate surface area is 113 Å². The zero-order valence-electron chi connectivity index (χ0n) is 11.2. The summed E-state index contributed by atoms with van der Waals surface area (Å²) in [5.74, 6) is 5.11. The lowest BCUT2D eigenvalue weighted by atomic mass is 10.0.